The van der Waals surface area contributed by atoms with Gasteiger partial charge in [-0.1, -0.05) is 45.0 Å². The summed E-state index contributed by atoms with van der Waals surface area (Å²) in [4.78, 5) is 11.2. The third kappa shape index (κ3) is 8.81. The Kier molecular flexibility index (Phi) is 9.29. The van der Waals surface area contributed by atoms with Crippen molar-refractivity contribution >= 4 is 5.97 Å². The minimum atomic E-state index is -5.09. The Morgan fingerprint density at radius 2 is 0.974 bits per heavy atom. The van der Waals surface area contributed by atoms with Gasteiger partial charge in [-0.3, -0.25) is 4.79 Å². The molecule has 0 radical (unpaired) electrons. The molecule has 3 rings (SSSR count). The van der Waals surface area contributed by atoms with Crippen LogP contribution in [0, 0.1) is 5.92 Å². The number of carbonyl (C=O) groups is 1. The highest BCUT2D eigenvalue weighted by atomic mass is 19.4. The summed E-state index contributed by atoms with van der Waals surface area (Å²) >= 11 is 0. The zero-order valence-corrected chi connectivity index (χ0v) is 20.3. The van der Waals surface area contributed by atoms with Crippen LogP contribution in [0.25, 0.3) is 22.3 Å². The molecule has 0 heterocycles. The van der Waals surface area contributed by atoms with Crippen molar-refractivity contribution in [2.24, 2.45) is 5.92 Å². The minimum absolute atomic E-state index is 0.0332. The van der Waals surface area contributed by atoms with Crippen LogP contribution in [0.2, 0.25) is 0 Å². The standard InChI is InChI=1S/C23H13F9O2.C4H10/c24-21(25,26)17-3-1-13(2-4-17)14-5-12(7-20(33)34)6-15(8-14)16-9-18(22(27,28)29)11-19(10-16)23(30,31)32;1-4(2)3/h1-6,8-11H,7H2,(H,33,34);4H,1-3H3. The van der Waals surface area contributed by atoms with Crippen molar-refractivity contribution in [1.29, 1.82) is 0 Å². The fourth-order valence-electron chi connectivity index (χ4n) is 3.28. The molecule has 0 aliphatic carbocycles. The van der Waals surface area contributed by atoms with E-state index in [2.05, 4.69) is 20.8 Å². The first kappa shape index (κ1) is 30.7. The van der Waals surface area contributed by atoms with Crippen LogP contribution in [0.4, 0.5) is 39.5 Å². The lowest BCUT2D eigenvalue weighted by Crippen LogP contribution is -2.11. The Morgan fingerprint density at radius 1 is 0.605 bits per heavy atom. The van der Waals surface area contributed by atoms with Gasteiger partial charge in [-0.25, -0.2) is 0 Å². The molecule has 0 saturated heterocycles. The van der Waals surface area contributed by atoms with Crippen LogP contribution in [0.15, 0.2) is 60.7 Å². The first-order valence-electron chi connectivity index (χ1n) is 11.1. The van der Waals surface area contributed by atoms with Crippen LogP contribution in [0.1, 0.15) is 43.0 Å². The summed E-state index contributed by atoms with van der Waals surface area (Å²) < 4.78 is 118. The van der Waals surface area contributed by atoms with E-state index in [9.17, 15) is 44.3 Å². The van der Waals surface area contributed by atoms with Gasteiger partial charge in [0.1, 0.15) is 0 Å². The summed E-state index contributed by atoms with van der Waals surface area (Å²) in [6.45, 7) is 6.50. The summed E-state index contributed by atoms with van der Waals surface area (Å²) in [6, 6.07) is 8.19. The molecule has 2 nitrogen and oxygen atoms in total. The van der Waals surface area contributed by atoms with Gasteiger partial charge >= 0.3 is 24.5 Å². The monoisotopic (exact) mass is 550 g/mol. The zero-order valence-electron chi connectivity index (χ0n) is 20.3. The Labute approximate surface area is 212 Å². The van der Waals surface area contributed by atoms with Gasteiger partial charge in [-0.2, -0.15) is 39.5 Å². The van der Waals surface area contributed by atoms with Crippen molar-refractivity contribution in [2.45, 2.75) is 45.7 Å². The largest absolute Gasteiger partial charge is 0.481 e. The second kappa shape index (κ2) is 11.5. The second-order valence-corrected chi connectivity index (χ2v) is 9.09. The topological polar surface area (TPSA) is 37.3 Å². The lowest BCUT2D eigenvalue weighted by Gasteiger charge is -2.16. The van der Waals surface area contributed by atoms with E-state index in [1.54, 1.807) is 0 Å². The molecule has 0 aliphatic heterocycles. The number of benzene rings is 3. The van der Waals surface area contributed by atoms with E-state index in [-0.39, 0.29) is 28.3 Å². The zero-order chi connectivity index (χ0) is 29.1. The smallest absolute Gasteiger partial charge is 0.416 e. The highest BCUT2D eigenvalue weighted by Crippen LogP contribution is 2.40. The molecule has 38 heavy (non-hydrogen) atoms. The summed E-state index contributed by atoms with van der Waals surface area (Å²) in [5, 5.41) is 9.09. The molecule has 206 valence electrons. The second-order valence-electron chi connectivity index (χ2n) is 9.09. The molecule has 11 heteroatoms. The van der Waals surface area contributed by atoms with E-state index >= 15 is 0 Å². The molecule has 0 spiro atoms. The summed E-state index contributed by atoms with van der Waals surface area (Å²) in [5.41, 5.74) is -4.42. The highest BCUT2D eigenvalue weighted by Gasteiger charge is 2.37. The number of rotatable bonds is 4. The van der Waals surface area contributed by atoms with Crippen LogP contribution in [-0.2, 0) is 29.7 Å². The average Bonchev–Trinajstić information content (AvgIpc) is 2.76. The molecule has 3 aromatic rings. The average molecular weight is 550 g/mol. The van der Waals surface area contributed by atoms with E-state index in [0.717, 1.165) is 36.2 Å². The fourth-order valence-corrected chi connectivity index (χ4v) is 3.28. The van der Waals surface area contributed by atoms with Crippen molar-refractivity contribution < 1.29 is 49.4 Å². The maximum atomic E-state index is 13.2. The van der Waals surface area contributed by atoms with Crippen molar-refractivity contribution in [2.75, 3.05) is 0 Å². The fraction of sp³-hybridized carbons (Fsp3) is 0.296. The molecule has 0 aromatic heterocycles. The van der Waals surface area contributed by atoms with Crippen molar-refractivity contribution in [3.63, 3.8) is 0 Å². The first-order valence-corrected chi connectivity index (χ1v) is 11.1. The molecule has 0 atom stereocenters. The number of hydrogen-bond acceptors (Lipinski definition) is 1. The molecule has 0 fully saturated rings. The quantitative estimate of drug-likeness (QED) is 0.329. The molecule has 0 unspecified atom stereocenters. The molecule has 0 bridgehead atoms. The molecule has 0 saturated carbocycles. The van der Waals surface area contributed by atoms with Gasteiger partial charge in [0.25, 0.3) is 0 Å². The first-order chi connectivity index (χ1) is 17.3. The van der Waals surface area contributed by atoms with Gasteiger partial charge in [0.2, 0.25) is 0 Å². The number of carboxylic acid groups (broad SMARTS) is 1. The van der Waals surface area contributed by atoms with Gasteiger partial charge in [-0.05, 0) is 70.1 Å². The summed E-state index contributed by atoms with van der Waals surface area (Å²) in [7, 11) is 0. The number of hydrogen-bond donors (Lipinski definition) is 1. The van der Waals surface area contributed by atoms with Gasteiger partial charge in [-0.15, -0.1) is 0 Å². The van der Waals surface area contributed by atoms with Crippen LogP contribution in [0.5, 0.6) is 0 Å². The van der Waals surface area contributed by atoms with E-state index in [1.807, 2.05) is 0 Å². The molecule has 0 aliphatic rings. The Bertz CT molecular complexity index is 1220. The lowest BCUT2D eigenvalue weighted by atomic mass is 9.93. The normalized spacial score (nSPS) is 12.2. The van der Waals surface area contributed by atoms with Gasteiger partial charge in [0, 0.05) is 0 Å². The predicted molar refractivity (Wildman–Crippen MR) is 124 cm³/mol. The maximum absolute atomic E-state index is 13.2. The predicted octanol–water partition coefficient (Wildman–Crippen LogP) is 9.37. The molecular formula is C27H23F9O2. The summed E-state index contributed by atoms with van der Waals surface area (Å²) in [6.07, 6.45) is -15.4. The van der Waals surface area contributed by atoms with Crippen LogP contribution in [-0.4, -0.2) is 11.1 Å². The van der Waals surface area contributed by atoms with Crippen LogP contribution >= 0.6 is 0 Å². The number of halogens is 9. The van der Waals surface area contributed by atoms with Gasteiger partial charge in [0.05, 0.1) is 23.1 Å². The SMILES string of the molecule is CC(C)C.O=C(O)Cc1cc(-c2ccc(C(F)(F)F)cc2)cc(-c2cc(C(F)(F)F)cc(C(F)(F)F)c2)c1. The molecular weight excluding hydrogens is 527 g/mol. The third-order valence-corrected chi connectivity index (χ3v) is 4.81. The van der Waals surface area contributed by atoms with Gasteiger partial charge < -0.3 is 5.11 Å². The van der Waals surface area contributed by atoms with Crippen molar-refractivity contribution in [3.8, 4) is 22.3 Å². The minimum Gasteiger partial charge on any atom is -0.481 e. The highest BCUT2D eigenvalue weighted by molar-refractivity contribution is 5.78. The maximum Gasteiger partial charge on any atom is 0.416 e. The Morgan fingerprint density at radius 3 is 1.34 bits per heavy atom. The van der Waals surface area contributed by atoms with Crippen molar-refractivity contribution in [3.05, 3.63) is 82.9 Å². The van der Waals surface area contributed by atoms with E-state index in [4.69, 9.17) is 5.11 Å². The number of aliphatic carboxylic acids is 1. The van der Waals surface area contributed by atoms with E-state index in [0.29, 0.717) is 12.1 Å². The van der Waals surface area contributed by atoms with Crippen LogP contribution < -0.4 is 0 Å². The molecule has 1 N–H and O–H groups in total. The van der Waals surface area contributed by atoms with E-state index < -0.39 is 53.2 Å². The van der Waals surface area contributed by atoms with Crippen LogP contribution in [0.3, 0.4) is 0 Å². The number of carboxylic acids is 1. The molecule has 0 amide bonds. The third-order valence-electron chi connectivity index (χ3n) is 4.81. The van der Waals surface area contributed by atoms with Crippen molar-refractivity contribution in [1.82, 2.24) is 0 Å². The Balaban J connectivity index is 0.00000118. The summed E-state index contributed by atoms with van der Waals surface area (Å²) in [5.74, 6) is -0.490. The Hall–Kier alpha value is -3.50. The van der Waals surface area contributed by atoms with E-state index in [1.165, 1.54) is 12.1 Å². The number of alkyl halides is 9. The molecule has 3 aromatic carbocycles. The lowest BCUT2D eigenvalue weighted by molar-refractivity contribution is -0.143. The van der Waals surface area contributed by atoms with Gasteiger partial charge in [0.15, 0.2) is 0 Å².